The van der Waals surface area contributed by atoms with E-state index < -0.39 is 0 Å². The third-order valence-electron chi connectivity index (χ3n) is 4.48. The van der Waals surface area contributed by atoms with Crippen molar-refractivity contribution in [2.24, 2.45) is 5.92 Å². The molecule has 0 unspecified atom stereocenters. The van der Waals surface area contributed by atoms with Crippen LogP contribution in [-0.2, 0) is 16.1 Å². The largest absolute Gasteiger partial charge is 0.496 e. The van der Waals surface area contributed by atoms with E-state index in [2.05, 4.69) is 5.32 Å². The van der Waals surface area contributed by atoms with Crippen molar-refractivity contribution < 1.29 is 18.7 Å². The highest BCUT2D eigenvalue weighted by Crippen LogP contribution is 2.26. The molecule has 0 spiro atoms. The van der Waals surface area contributed by atoms with E-state index in [4.69, 9.17) is 9.15 Å². The van der Waals surface area contributed by atoms with E-state index in [9.17, 15) is 9.59 Å². The van der Waals surface area contributed by atoms with Crippen LogP contribution in [0.25, 0.3) is 0 Å². The lowest BCUT2D eigenvalue weighted by Crippen LogP contribution is -2.34. The fraction of sp³-hybridized carbons (Fsp3) is 0.368. The molecule has 3 rings (SSSR count). The Labute approximate surface area is 146 Å². The maximum atomic E-state index is 12.6. The molecular weight excluding hydrogens is 320 g/mol. The van der Waals surface area contributed by atoms with Gasteiger partial charge in [0.1, 0.15) is 11.5 Å². The molecule has 1 aromatic carbocycles. The maximum absolute atomic E-state index is 12.6. The van der Waals surface area contributed by atoms with E-state index in [1.54, 1.807) is 24.3 Å². The summed E-state index contributed by atoms with van der Waals surface area (Å²) in [4.78, 5) is 26.4. The van der Waals surface area contributed by atoms with Gasteiger partial charge in [0.2, 0.25) is 11.8 Å². The zero-order valence-electron chi connectivity index (χ0n) is 14.4. The minimum absolute atomic E-state index is 0.0264. The first-order valence-electron chi connectivity index (χ1n) is 8.32. The molecule has 1 aromatic heterocycles. The topological polar surface area (TPSA) is 71.8 Å². The summed E-state index contributed by atoms with van der Waals surface area (Å²) in [5, 5.41) is 2.99. The average molecular weight is 342 g/mol. The SMILES string of the molecule is COc1ccccc1[C@H](C)NC(=O)[C@H]1CC(=O)N(Cc2ccco2)C1. The molecule has 132 valence electrons. The van der Waals surface area contributed by atoms with Crippen molar-refractivity contribution in [1.82, 2.24) is 10.2 Å². The number of amides is 2. The Balaban J connectivity index is 1.61. The Morgan fingerprint density at radius 2 is 2.16 bits per heavy atom. The van der Waals surface area contributed by atoms with Gasteiger partial charge in [0.15, 0.2) is 0 Å². The van der Waals surface area contributed by atoms with E-state index >= 15 is 0 Å². The van der Waals surface area contributed by atoms with Gasteiger partial charge >= 0.3 is 0 Å². The van der Waals surface area contributed by atoms with E-state index in [1.165, 1.54) is 0 Å². The van der Waals surface area contributed by atoms with Gasteiger partial charge in [-0.25, -0.2) is 0 Å². The highest BCUT2D eigenvalue weighted by Gasteiger charge is 2.35. The predicted molar refractivity (Wildman–Crippen MR) is 91.8 cm³/mol. The summed E-state index contributed by atoms with van der Waals surface area (Å²) in [6.07, 6.45) is 1.81. The molecule has 0 saturated carbocycles. The van der Waals surface area contributed by atoms with Gasteiger partial charge < -0.3 is 19.4 Å². The minimum Gasteiger partial charge on any atom is -0.496 e. The molecule has 6 heteroatoms. The summed E-state index contributed by atoms with van der Waals surface area (Å²) >= 11 is 0. The molecule has 0 bridgehead atoms. The van der Waals surface area contributed by atoms with Crippen LogP contribution in [-0.4, -0.2) is 30.4 Å². The monoisotopic (exact) mass is 342 g/mol. The van der Waals surface area contributed by atoms with Gasteiger partial charge in [-0.05, 0) is 25.1 Å². The Bertz CT molecular complexity index is 742. The van der Waals surface area contributed by atoms with Crippen LogP contribution in [0.15, 0.2) is 47.1 Å². The van der Waals surface area contributed by atoms with Crippen molar-refractivity contribution in [2.45, 2.75) is 25.9 Å². The van der Waals surface area contributed by atoms with Crippen molar-refractivity contribution in [3.63, 3.8) is 0 Å². The summed E-state index contributed by atoms with van der Waals surface area (Å²) in [5.41, 5.74) is 0.912. The predicted octanol–water partition coefficient (Wildman–Crippen LogP) is 2.51. The number of para-hydroxylation sites is 1. The van der Waals surface area contributed by atoms with Crippen LogP contribution in [0.1, 0.15) is 30.7 Å². The molecule has 1 fully saturated rings. The van der Waals surface area contributed by atoms with Gasteiger partial charge in [-0.3, -0.25) is 9.59 Å². The minimum atomic E-state index is -0.348. The normalized spacial score (nSPS) is 18.2. The quantitative estimate of drug-likeness (QED) is 0.875. The molecule has 1 N–H and O–H groups in total. The molecule has 2 atom stereocenters. The number of nitrogens with zero attached hydrogens (tertiary/aromatic N) is 1. The second-order valence-electron chi connectivity index (χ2n) is 6.23. The molecular formula is C19H22N2O4. The number of carbonyl (C=O) groups is 2. The van der Waals surface area contributed by atoms with Gasteiger partial charge in [-0.2, -0.15) is 0 Å². The average Bonchev–Trinajstić information content (AvgIpc) is 3.25. The van der Waals surface area contributed by atoms with Crippen LogP contribution in [0, 0.1) is 5.92 Å². The van der Waals surface area contributed by atoms with Gasteiger partial charge in [0, 0.05) is 18.5 Å². The lowest BCUT2D eigenvalue weighted by Gasteiger charge is -2.19. The highest BCUT2D eigenvalue weighted by atomic mass is 16.5. The fourth-order valence-corrected chi connectivity index (χ4v) is 3.12. The summed E-state index contributed by atoms with van der Waals surface area (Å²) < 4.78 is 10.6. The summed E-state index contributed by atoms with van der Waals surface area (Å²) in [7, 11) is 1.61. The lowest BCUT2D eigenvalue weighted by atomic mass is 10.0. The van der Waals surface area contributed by atoms with Crippen LogP contribution in [0.5, 0.6) is 5.75 Å². The maximum Gasteiger partial charge on any atom is 0.225 e. The molecule has 1 aliphatic rings. The first-order chi connectivity index (χ1) is 12.1. The third kappa shape index (κ3) is 3.84. The molecule has 1 saturated heterocycles. The molecule has 6 nitrogen and oxygen atoms in total. The first kappa shape index (κ1) is 17.1. The third-order valence-corrected chi connectivity index (χ3v) is 4.48. The Morgan fingerprint density at radius 1 is 1.36 bits per heavy atom. The number of methoxy groups -OCH3 is 1. The van der Waals surface area contributed by atoms with Crippen molar-refractivity contribution in [1.29, 1.82) is 0 Å². The van der Waals surface area contributed by atoms with Gasteiger partial charge in [-0.15, -0.1) is 0 Å². The number of likely N-dealkylation sites (tertiary alicyclic amines) is 1. The zero-order valence-corrected chi connectivity index (χ0v) is 14.4. The van der Waals surface area contributed by atoms with Gasteiger partial charge in [0.25, 0.3) is 0 Å². The van der Waals surface area contributed by atoms with Crippen LogP contribution < -0.4 is 10.1 Å². The number of benzene rings is 1. The number of hydrogen-bond donors (Lipinski definition) is 1. The standard InChI is InChI=1S/C19H22N2O4/c1-13(16-7-3-4-8-17(16)24-2)20-19(23)14-10-18(22)21(11-14)12-15-6-5-9-25-15/h3-9,13-14H,10-12H2,1-2H3,(H,20,23)/t13-,14-/m0/s1. The number of hydrogen-bond acceptors (Lipinski definition) is 4. The molecule has 1 aliphatic heterocycles. The van der Waals surface area contributed by atoms with E-state index in [-0.39, 0.29) is 30.2 Å². The van der Waals surface area contributed by atoms with Crippen molar-refractivity contribution in [3.05, 3.63) is 54.0 Å². The number of rotatable bonds is 6. The van der Waals surface area contributed by atoms with Crippen molar-refractivity contribution in [2.75, 3.05) is 13.7 Å². The second-order valence-corrected chi connectivity index (χ2v) is 6.23. The molecule has 2 amide bonds. The molecule has 0 aliphatic carbocycles. The number of furan rings is 1. The molecule has 25 heavy (non-hydrogen) atoms. The second kappa shape index (κ2) is 7.42. The van der Waals surface area contributed by atoms with E-state index in [0.29, 0.717) is 13.1 Å². The summed E-state index contributed by atoms with van der Waals surface area (Å²) in [6.45, 7) is 2.72. The van der Waals surface area contributed by atoms with Crippen LogP contribution in [0.2, 0.25) is 0 Å². The Kier molecular flexibility index (Phi) is 5.07. The van der Waals surface area contributed by atoms with Crippen molar-refractivity contribution >= 4 is 11.8 Å². The van der Waals surface area contributed by atoms with E-state index in [0.717, 1.165) is 17.1 Å². The number of ether oxygens (including phenoxy) is 1. The Morgan fingerprint density at radius 3 is 2.88 bits per heavy atom. The fourth-order valence-electron chi connectivity index (χ4n) is 3.12. The van der Waals surface area contributed by atoms with E-state index in [1.807, 2.05) is 37.3 Å². The van der Waals surface area contributed by atoms with Crippen LogP contribution >= 0.6 is 0 Å². The van der Waals surface area contributed by atoms with Crippen LogP contribution in [0.3, 0.4) is 0 Å². The Hall–Kier alpha value is -2.76. The van der Waals surface area contributed by atoms with Gasteiger partial charge in [-0.1, -0.05) is 18.2 Å². The zero-order chi connectivity index (χ0) is 17.8. The highest BCUT2D eigenvalue weighted by molar-refractivity contribution is 5.89. The molecule has 2 heterocycles. The number of carbonyl (C=O) groups excluding carboxylic acids is 2. The van der Waals surface area contributed by atoms with Crippen molar-refractivity contribution in [3.8, 4) is 5.75 Å². The summed E-state index contributed by atoms with van der Waals surface area (Å²) in [5.74, 6) is 0.962. The number of nitrogens with one attached hydrogen (secondary N) is 1. The van der Waals surface area contributed by atoms with Crippen LogP contribution in [0.4, 0.5) is 0 Å². The summed E-state index contributed by atoms with van der Waals surface area (Å²) in [6, 6.07) is 11.0. The lowest BCUT2D eigenvalue weighted by molar-refractivity contribution is -0.129. The smallest absolute Gasteiger partial charge is 0.225 e. The molecule has 0 radical (unpaired) electrons. The van der Waals surface area contributed by atoms with Gasteiger partial charge in [0.05, 0.1) is 31.9 Å². The first-order valence-corrected chi connectivity index (χ1v) is 8.32. The molecule has 2 aromatic rings.